The molecule has 0 aromatic heterocycles. The van der Waals surface area contributed by atoms with E-state index < -0.39 is 84.8 Å². The first-order valence-electron chi connectivity index (χ1n) is 11.7. The van der Waals surface area contributed by atoms with Crippen LogP contribution < -0.4 is 32.7 Å². The third kappa shape index (κ3) is 20.9. The van der Waals surface area contributed by atoms with Gasteiger partial charge in [-0.15, -0.1) is 0 Å². The van der Waals surface area contributed by atoms with E-state index in [0.717, 1.165) is 0 Å². The summed E-state index contributed by atoms with van der Waals surface area (Å²) < 4.78 is 0. The lowest BCUT2D eigenvalue weighted by Crippen LogP contribution is -2.49. The summed E-state index contributed by atoms with van der Waals surface area (Å²) in [6, 6.07) is -4.18. The Morgan fingerprint density at radius 2 is 1.07 bits per heavy atom. The number of aliphatic carboxylic acids is 4. The predicted octanol–water partition coefficient (Wildman–Crippen LogP) is -3.98. The Hall–Kier alpha value is -3.62. The molecular weight excluding hydrogens is 592 g/mol. The molecule has 0 aliphatic heterocycles. The first-order valence-corrected chi connectivity index (χ1v) is 13.7. The maximum atomic E-state index is 11.7. The van der Waals surface area contributed by atoms with Crippen molar-refractivity contribution in [2.45, 2.75) is 49.9 Å². The highest BCUT2D eigenvalue weighted by Gasteiger charge is 2.22. The molecule has 4 amide bonds. The number of amides is 4. The lowest BCUT2D eigenvalue weighted by Gasteiger charge is -2.17. The van der Waals surface area contributed by atoms with E-state index in [0.29, 0.717) is 0 Å². The molecule has 41 heavy (non-hydrogen) atoms. The van der Waals surface area contributed by atoms with Gasteiger partial charge in [-0.3, -0.25) is 38.4 Å². The summed E-state index contributed by atoms with van der Waals surface area (Å²) in [5, 5.41) is 43.0. The van der Waals surface area contributed by atoms with Gasteiger partial charge in [-0.05, 0) is 19.1 Å². The predicted molar refractivity (Wildman–Crippen MR) is 147 cm³/mol. The fraction of sp³-hybridized carbons (Fsp3) is 0.619. The fourth-order valence-electron chi connectivity index (χ4n) is 2.47. The van der Waals surface area contributed by atoms with Crippen molar-refractivity contribution in [3.63, 3.8) is 0 Å². The molecule has 0 aliphatic rings. The van der Waals surface area contributed by atoms with Crippen molar-refractivity contribution >= 4 is 71.9 Å². The van der Waals surface area contributed by atoms with Crippen molar-refractivity contribution < 1.29 is 58.8 Å². The number of carboxylic acid groups (broad SMARTS) is 4. The zero-order chi connectivity index (χ0) is 32.1. The summed E-state index contributed by atoms with van der Waals surface area (Å²) in [6.07, 6.45) is 1.31. The van der Waals surface area contributed by atoms with Gasteiger partial charge in [0.2, 0.25) is 23.6 Å². The van der Waals surface area contributed by atoms with Crippen LogP contribution in [-0.4, -0.2) is 123 Å². The van der Waals surface area contributed by atoms with Gasteiger partial charge in [0.25, 0.3) is 0 Å². The lowest BCUT2D eigenvalue weighted by atomic mass is 10.1. The molecule has 0 spiro atoms. The maximum absolute atomic E-state index is 11.7. The number of rotatable bonds is 19. The van der Waals surface area contributed by atoms with Gasteiger partial charge in [-0.2, -0.15) is 24.4 Å². The molecule has 4 unspecified atom stereocenters. The highest BCUT2D eigenvalue weighted by atomic mass is 32.2. The van der Waals surface area contributed by atoms with Crippen LogP contribution in [0.3, 0.4) is 0 Å². The van der Waals surface area contributed by atoms with Crippen molar-refractivity contribution in [2.75, 3.05) is 30.9 Å². The minimum Gasteiger partial charge on any atom is -0.480 e. The van der Waals surface area contributed by atoms with Crippen molar-refractivity contribution in [3.8, 4) is 0 Å². The van der Waals surface area contributed by atoms with E-state index in [9.17, 15) is 38.4 Å². The first kappa shape index (κ1) is 39.5. The Kier molecular flexibility index (Phi) is 21.3. The van der Waals surface area contributed by atoms with Gasteiger partial charge in [-0.25, -0.2) is 0 Å². The van der Waals surface area contributed by atoms with Crippen LogP contribution in [0.1, 0.15) is 25.7 Å². The summed E-state index contributed by atoms with van der Waals surface area (Å²) in [5.74, 6) is -6.96. The van der Waals surface area contributed by atoms with Crippen LogP contribution in [0, 0.1) is 0 Å². The number of carbonyl (C=O) groups excluding carboxylic acids is 4. The van der Waals surface area contributed by atoms with Gasteiger partial charge in [-0.1, -0.05) is 0 Å². The Morgan fingerprint density at radius 3 is 1.39 bits per heavy atom. The fourth-order valence-corrected chi connectivity index (χ4v) is 3.29. The second kappa shape index (κ2) is 22.1. The topological polar surface area (TPSA) is 318 Å². The van der Waals surface area contributed by atoms with Crippen molar-refractivity contribution in [3.05, 3.63) is 0 Å². The molecule has 0 saturated heterocycles. The third-order valence-electron chi connectivity index (χ3n) is 4.65. The maximum Gasteiger partial charge on any atom is 0.322 e. The van der Waals surface area contributed by atoms with Gasteiger partial charge in [0.1, 0.15) is 37.3 Å². The highest BCUT2D eigenvalue weighted by Crippen LogP contribution is 2.01. The molecule has 0 radical (unpaired) electrons. The second-order valence-electron chi connectivity index (χ2n) is 8.07. The quantitative estimate of drug-likeness (QED) is 0.0608. The number of carbonyl (C=O) groups is 8. The molecule has 0 saturated carbocycles. The molecule has 0 rings (SSSR count). The zero-order valence-corrected chi connectivity index (χ0v) is 23.7. The van der Waals surface area contributed by atoms with Crippen molar-refractivity contribution in [2.24, 2.45) is 11.5 Å². The first-order chi connectivity index (χ1) is 19.0. The Balaban J connectivity index is 0. The molecule has 0 heterocycles. The summed E-state index contributed by atoms with van der Waals surface area (Å²) in [7, 11) is 0. The van der Waals surface area contributed by atoms with E-state index in [1.807, 2.05) is 0 Å². The van der Waals surface area contributed by atoms with E-state index in [4.69, 9.17) is 31.9 Å². The van der Waals surface area contributed by atoms with Crippen LogP contribution in [0.25, 0.3) is 0 Å². The number of thiol groups is 1. The molecule has 0 bridgehead atoms. The Morgan fingerprint density at radius 1 is 0.707 bits per heavy atom. The van der Waals surface area contributed by atoms with Crippen LogP contribution in [0.5, 0.6) is 0 Å². The van der Waals surface area contributed by atoms with Crippen LogP contribution in [0.15, 0.2) is 0 Å². The minimum absolute atomic E-state index is 0.0256. The molecule has 12 N–H and O–H groups in total. The largest absolute Gasteiger partial charge is 0.480 e. The number of hydrogen-bond donors (Lipinski definition) is 11. The molecule has 0 aliphatic carbocycles. The highest BCUT2D eigenvalue weighted by molar-refractivity contribution is 7.98. The van der Waals surface area contributed by atoms with Gasteiger partial charge < -0.3 is 53.2 Å². The average Bonchev–Trinajstić information content (AvgIpc) is 2.90. The lowest BCUT2D eigenvalue weighted by molar-refractivity contribution is -0.140. The van der Waals surface area contributed by atoms with Crippen LogP contribution in [0.4, 0.5) is 0 Å². The SMILES string of the molecule is CSCC(NC(=O)CCC(N)C(=O)O)C(=O)NCC(=O)O.NC(CCC(=O)NC(CS)C(=O)NCC(=O)O)C(=O)O. The monoisotopic (exact) mass is 628 g/mol. The number of carboxylic acids is 4. The van der Waals surface area contributed by atoms with Crippen LogP contribution in [-0.2, 0) is 38.4 Å². The molecule has 0 aromatic rings. The summed E-state index contributed by atoms with van der Waals surface area (Å²) in [4.78, 5) is 88.0. The van der Waals surface area contributed by atoms with E-state index >= 15 is 0 Å². The molecule has 18 nitrogen and oxygen atoms in total. The van der Waals surface area contributed by atoms with E-state index in [-0.39, 0.29) is 37.2 Å². The van der Waals surface area contributed by atoms with Gasteiger partial charge in [0, 0.05) is 24.3 Å². The zero-order valence-electron chi connectivity index (χ0n) is 22.0. The molecule has 0 aromatic carbocycles. The van der Waals surface area contributed by atoms with E-state index in [2.05, 4.69) is 33.9 Å². The molecule has 234 valence electrons. The molecular formula is C21H36N6O12S2. The molecule has 4 atom stereocenters. The van der Waals surface area contributed by atoms with Gasteiger partial charge in [0.05, 0.1) is 0 Å². The summed E-state index contributed by atoms with van der Waals surface area (Å²) >= 11 is 5.18. The second-order valence-corrected chi connectivity index (χ2v) is 9.34. The standard InChI is InChI=1S/C11H19N3O6S.C10H17N3O6S/c1-21-5-7(10(18)13-4-9(16)17)14-8(15)3-2-6(12)11(19)20;11-5(10(18)19)1-2-7(14)13-6(4-20)9(17)12-3-8(15)16/h6-7H,2-5,12H2,1H3,(H,13,18)(H,14,15)(H,16,17)(H,19,20);5-6,20H,1-4,11H2,(H,12,17)(H,13,14)(H,15,16)(H,18,19). The summed E-state index contributed by atoms with van der Waals surface area (Å²) in [6.45, 7) is -1.10. The number of nitrogens with two attached hydrogens (primary N) is 2. The molecule has 0 fully saturated rings. The van der Waals surface area contributed by atoms with Crippen LogP contribution in [0.2, 0.25) is 0 Å². The van der Waals surface area contributed by atoms with Crippen LogP contribution >= 0.6 is 24.4 Å². The Bertz CT molecular complexity index is 939. The normalized spacial score (nSPS) is 13.1. The van der Waals surface area contributed by atoms with Crippen molar-refractivity contribution in [1.82, 2.24) is 21.3 Å². The van der Waals surface area contributed by atoms with E-state index in [1.165, 1.54) is 11.8 Å². The van der Waals surface area contributed by atoms with Gasteiger partial charge >= 0.3 is 23.9 Å². The smallest absolute Gasteiger partial charge is 0.322 e. The minimum atomic E-state index is -1.22. The molecule has 20 heteroatoms. The van der Waals surface area contributed by atoms with E-state index in [1.54, 1.807) is 6.26 Å². The summed E-state index contributed by atoms with van der Waals surface area (Å²) in [5.41, 5.74) is 10.5. The number of thioether (sulfide) groups is 1. The van der Waals surface area contributed by atoms with Crippen molar-refractivity contribution in [1.29, 1.82) is 0 Å². The Labute approximate surface area is 244 Å². The van der Waals surface area contributed by atoms with Gasteiger partial charge in [0.15, 0.2) is 0 Å². The average molecular weight is 629 g/mol. The number of hydrogen-bond acceptors (Lipinski definition) is 12. The number of nitrogens with one attached hydrogen (secondary N) is 4. The third-order valence-corrected chi connectivity index (χ3v) is 5.68.